The number of ether oxygens (including phenoxy) is 1. The summed E-state index contributed by atoms with van der Waals surface area (Å²) in [5.74, 6) is 0.709. The zero-order valence-corrected chi connectivity index (χ0v) is 7.00. The predicted molar refractivity (Wildman–Crippen MR) is 42.5 cm³/mol. The molecular formula is C7H11N3O2. The number of hydrogen-bond donors (Lipinski definition) is 2. The molecule has 0 aliphatic heterocycles. The predicted octanol–water partition coefficient (Wildman–Crippen LogP) is 0.827. The van der Waals surface area contributed by atoms with Crippen molar-refractivity contribution in [2.24, 2.45) is 0 Å². The second kappa shape index (κ2) is 3.75. The first-order valence-electron chi connectivity index (χ1n) is 3.58. The number of alkyl carbamates (subject to hydrolysis) is 1. The lowest BCUT2D eigenvalue weighted by Crippen LogP contribution is -2.26. The number of aromatic nitrogens is 2. The van der Waals surface area contributed by atoms with Crippen molar-refractivity contribution in [1.29, 1.82) is 0 Å². The lowest BCUT2D eigenvalue weighted by Gasteiger charge is -2.09. The van der Waals surface area contributed by atoms with Crippen LogP contribution >= 0.6 is 0 Å². The number of hydrogen-bond acceptors (Lipinski definition) is 3. The van der Waals surface area contributed by atoms with Gasteiger partial charge in [-0.15, -0.1) is 0 Å². The summed E-state index contributed by atoms with van der Waals surface area (Å²) in [5.41, 5.74) is 0. The molecule has 1 rings (SSSR count). The van der Waals surface area contributed by atoms with E-state index >= 15 is 0 Å². The topological polar surface area (TPSA) is 67.0 Å². The van der Waals surface area contributed by atoms with Crippen LogP contribution < -0.4 is 5.32 Å². The van der Waals surface area contributed by atoms with E-state index in [4.69, 9.17) is 0 Å². The van der Waals surface area contributed by atoms with Gasteiger partial charge in [-0.3, -0.25) is 0 Å². The van der Waals surface area contributed by atoms with Gasteiger partial charge in [-0.25, -0.2) is 9.78 Å². The van der Waals surface area contributed by atoms with Crippen LogP contribution in [0.4, 0.5) is 4.79 Å². The first-order valence-corrected chi connectivity index (χ1v) is 3.58. The molecule has 0 aromatic carbocycles. The number of rotatable bonds is 2. The summed E-state index contributed by atoms with van der Waals surface area (Å²) in [4.78, 5) is 17.6. The van der Waals surface area contributed by atoms with Crippen LogP contribution in [0.2, 0.25) is 0 Å². The van der Waals surface area contributed by atoms with E-state index in [1.807, 2.05) is 6.92 Å². The lowest BCUT2D eigenvalue weighted by molar-refractivity contribution is 0.167. The molecule has 1 unspecified atom stereocenters. The van der Waals surface area contributed by atoms with E-state index in [0.717, 1.165) is 0 Å². The molecular weight excluding hydrogens is 158 g/mol. The molecule has 1 heterocycles. The Hall–Kier alpha value is -1.52. The number of nitrogens with one attached hydrogen (secondary N) is 2. The molecule has 0 bridgehead atoms. The third-order valence-corrected chi connectivity index (χ3v) is 1.45. The van der Waals surface area contributed by atoms with E-state index in [9.17, 15) is 4.79 Å². The van der Waals surface area contributed by atoms with Crippen LogP contribution in [-0.2, 0) is 4.74 Å². The SMILES string of the molecule is COC(=O)NC(C)c1ncc[nH]1. The average Bonchev–Trinajstić information content (AvgIpc) is 2.56. The Bertz CT molecular complexity index is 245. The Morgan fingerprint density at radius 3 is 3.08 bits per heavy atom. The van der Waals surface area contributed by atoms with Gasteiger partial charge in [0.05, 0.1) is 13.2 Å². The summed E-state index contributed by atoms with van der Waals surface area (Å²) in [6.45, 7) is 1.82. The first kappa shape index (κ1) is 8.58. The van der Waals surface area contributed by atoms with E-state index in [1.54, 1.807) is 12.4 Å². The fourth-order valence-corrected chi connectivity index (χ4v) is 0.818. The molecule has 1 amide bonds. The van der Waals surface area contributed by atoms with Crippen LogP contribution in [0, 0.1) is 0 Å². The van der Waals surface area contributed by atoms with Gasteiger partial charge in [-0.05, 0) is 6.92 Å². The molecule has 2 N–H and O–H groups in total. The van der Waals surface area contributed by atoms with Crippen molar-refractivity contribution in [3.05, 3.63) is 18.2 Å². The Balaban J connectivity index is 2.49. The van der Waals surface area contributed by atoms with E-state index in [2.05, 4.69) is 20.0 Å². The minimum Gasteiger partial charge on any atom is -0.453 e. The zero-order chi connectivity index (χ0) is 8.97. The normalized spacial score (nSPS) is 12.2. The lowest BCUT2D eigenvalue weighted by atomic mass is 10.3. The summed E-state index contributed by atoms with van der Waals surface area (Å²) in [7, 11) is 1.32. The number of imidazole rings is 1. The van der Waals surface area contributed by atoms with Gasteiger partial charge in [0.2, 0.25) is 0 Å². The fourth-order valence-electron chi connectivity index (χ4n) is 0.818. The third kappa shape index (κ3) is 1.98. The average molecular weight is 169 g/mol. The number of methoxy groups -OCH3 is 1. The monoisotopic (exact) mass is 169 g/mol. The van der Waals surface area contributed by atoms with Crippen molar-refractivity contribution < 1.29 is 9.53 Å². The van der Waals surface area contributed by atoms with E-state index in [1.165, 1.54) is 7.11 Å². The molecule has 0 aliphatic rings. The fraction of sp³-hybridized carbons (Fsp3) is 0.429. The van der Waals surface area contributed by atoms with Crippen molar-refractivity contribution >= 4 is 6.09 Å². The van der Waals surface area contributed by atoms with Gasteiger partial charge in [0.25, 0.3) is 0 Å². The number of aromatic amines is 1. The second-order valence-electron chi connectivity index (χ2n) is 2.33. The molecule has 0 radical (unpaired) electrons. The van der Waals surface area contributed by atoms with Crippen LogP contribution in [0.15, 0.2) is 12.4 Å². The number of H-pyrrole nitrogens is 1. The van der Waals surface area contributed by atoms with Gasteiger partial charge >= 0.3 is 6.09 Å². The van der Waals surface area contributed by atoms with E-state index < -0.39 is 6.09 Å². The van der Waals surface area contributed by atoms with Crippen LogP contribution in [0.3, 0.4) is 0 Å². The molecule has 12 heavy (non-hydrogen) atoms. The van der Waals surface area contributed by atoms with Gasteiger partial charge in [-0.2, -0.15) is 0 Å². The van der Waals surface area contributed by atoms with Crippen LogP contribution in [0.1, 0.15) is 18.8 Å². The summed E-state index contributed by atoms with van der Waals surface area (Å²) in [6.07, 6.45) is 2.87. The molecule has 0 saturated carbocycles. The summed E-state index contributed by atoms with van der Waals surface area (Å²) in [5, 5.41) is 2.58. The molecule has 1 atom stereocenters. The highest BCUT2D eigenvalue weighted by Gasteiger charge is 2.10. The van der Waals surface area contributed by atoms with Gasteiger partial charge in [-0.1, -0.05) is 0 Å². The minimum absolute atomic E-state index is 0.160. The van der Waals surface area contributed by atoms with E-state index in [-0.39, 0.29) is 6.04 Å². The van der Waals surface area contributed by atoms with Gasteiger partial charge in [0.1, 0.15) is 5.82 Å². The maximum absolute atomic E-state index is 10.7. The Kier molecular flexibility index (Phi) is 2.68. The van der Waals surface area contributed by atoms with Crippen LogP contribution in [-0.4, -0.2) is 23.2 Å². The summed E-state index contributed by atoms with van der Waals surface area (Å²) in [6, 6.07) is -0.160. The van der Waals surface area contributed by atoms with Crippen LogP contribution in [0.25, 0.3) is 0 Å². The van der Waals surface area contributed by atoms with Gasteiger partial charge < -0.3 is 15.0 Å². The van der Waals surface area contributed by atoms with Crippen molar-refractivity contribution in [2.45, 2.75) is 13.0 Å². The number of amides is 1. The van der Waals surface area contributed by atoms with Crippen molar-refractivity contribution in [3.63, 3.8) is 0 Å². The Labute approximate surface area is 70.1 Å². The molecule has 0 fully saturated rings. The Morgan fingerprint density at radius 1 is 1.83 bits per heavy atom. The van der Waals surface area contributed by atoms with Gasteiger partial charge in [0, 0.05) is 12.4 Å². The van der Waals surface area contributed by atoms with E-state index in [0.29, 0.717) is 5.82 Å². The molecule has 5 heteroatoms. The highest BCUT2D eigenvalue weighted by Crippen LogP contribution is 2.04. The zero-order valence-electron chi connectivity index (χ0n) is 7.00. The quantitative estimate of drug-likeness (QED) is 0.689. The smallest absolute Gasteiger partial charge is 0.407 e. The highest BCUT2D eigenvalue weighted by atomic mass is 16.5. The maximum Gasteiger partial charge on any atom is 0.407 e. The van der Waals surface area contributed by atoms with Crippen LogP contribution in [0.5, 0.6) is 0 Å². The molecule has 0 spiro atoms. The number of nitrogens with zero attached hydrogens (tertiary/aromatic N) is 1. The highest BCUT2D eigenvalue weighted by molar-refractivity contribution is 5.67. The Morgan fingerprint density at radius 2 is 2.58 bits per heavy atom. The van der Waals surface area contributed by atoms with Gasteiger partial charge in [0.15, 0.2) is 0 Å². The first-order chi connectivity index (χ1) is 5.74. The molecule has 66 valence electrons. The molecule has 0 aliphatic carbocycles. The molecule has 0 saturated heterocycles. The second-order valence-corrected chi connectivity index (χ2v) is 2.33. The minimum atomic E-state index is -0.459. The van der Waals surface area contributed by atoms with Crippen molar-refractivity contribution in [1.82, 2.24) is 15.3 Å². The molecule has 1 aromatic rings. The molecule has 5 nitrogen and oxygen atoms in total. The standard InChI is InChI=1S/C7H11N3O2/c1-5(10-7(11)12-2)6-8-3-4-9-6/h3-5H,1-2H3,(H,8,9)(H,10,11). The van der Waals surface area contributed by atoms with Crippen molar-refractivity contribution in [2.75, 3.05) is 7.11 Å². The molecule has 1 aromatic heterocycles. The summed E-state index contributed by atoms with van der Waals surface area (Å²) < 4.78 is 4.43. The number of carbonyl (C=O) groups is 1. The third-order valence-electron chi connectivity index (χ3n) is 1.45. The number of carbonyl (C=O) groups excluding carboxylic acids is 1. The largest absolute Gasteiger partial charge is 0.453 e. The maximum atomic E-state index is 10.7. The summed E-state index contributed by atoms with van der Waals surface area (Å²) >= 11 is 0. The van der Waals surface area contributed by atoms with Crippen molar-refractivity contribution in [3.8, 4) is 0 Å².